The van der Waals surface area contributed by atoms with Gasteiger partial charge in [-0.05, 0) is 80.6 Å². The predicted molar refractivity (Wildman–Crippen MR) is 131 cm³/mol. The Bertz CT molecular complexity index is 1180. The Morgan fingerprint density at radius 3 is 2.25 bits per heavy atom. The minimum absolute atomic E-state index is 0.0247. The molecule has 1 amide bonds. The molecule has 0 spiro atoms. The summed E-state index contributed by atoms with van der Waals surface area (Å²) < 4.78 is 6.01. The predicted octanol–water partition coefficient (Wildman–Crippen LogP) is 6.14. The highest BCUT2D eigenvalue weighted by atomic mass is 16.5. The van der Waals surface area contributed by atoms with E-state index >= 15 is 0 Å². The number of hydrogen-bond acceptors (Lipinski definition) is 3. The molecule has 0 saturated carbocycles. The summed E-state index contributed by atoms with van der Waals surface area (Å²) in [7, 11) is 0. The maximum absolute atomic E-state index is 13.5. The van der Waals surface area contributed by atoms with Crippen LogP contribution in [0.3, 0.4) is 0 Å². The number of para-hydroxylation sites is 2. The van der Waals surface area contributed by atoms with Crippen LogP contribution in [-0.2, 0) is 17.6 Å². The molecule has 2 heterocycles. The number of ether oxygens (including phenoxy) is 1. The first kappa shape index (κ1) is 20.4. The monoisotopic (exact) mass is 424 g/mol. The fourth-order valence-corrected chi connectivity index (χ4v) is 4.81. The van der Waals surface area contributed by atoms with Crippen LogP contribution in [0.5, 0.6) is 5.75 Å². The first-order valence-electron chi connectivity index (χ1n) is 11.1. The number of allylic oxidation sites excluding steroid dienone is 1. The molecule has 2 aliphatic rings. The second-order valence-electron chi connectivity index (χ2n) is 9.16. The van der Waals surface area contributed by atoms with Crippen molar-refractivity contribution in [1.29, 1.82) is 0 Å². The lowest BCUT2D eigenvalue weighted by Gasteiger charge is -2.31. The Hall–Kier alpha value is -3.53. The van der Waals surface area contributed by atoms with E-state index in [0.29, 0.717) is 5.75 Å². The number of hydrogen-bond donors (Lipinski definition) is 1. The number of carbonyl (C=O) groups is 1. The smallest absolute Gasteiger partial charge is 0.269 e. The van der Waals surface area contributed by atoms with Crippen molar-refractivity contribution in [2.45, 2.75) is 39.2 Å². The van der Waals surface area contributed by atoms with Crippen molar-refractivity contribution in [3.05, 3.63) is 89.5 Å². The van der Waals surface area contributed by atoms with Crippen LogP contribution in [0.25, 0.3) is 5.57 Å². The van der Waals surface area contributed by atoms with Crippen LogP contribution in [0.2, 0.25) is 0 Å². The van der Waals surface area contributed by atoms with Gasteiger partial charge < -0.3 is 10.1 Å². The van der Waals surface area contributed by atoms with Crippen molar-refractivity contribution < 1.29 is 9.53 Å². The maximum Gasteiger partial charge on any atom is 0.269 e. The van der Waals surface area contributed by atoms with Crippen LogP contribution in [0.4, 0.5) is 17.1 Å². The number of aryl methyl sites for hydroxylation is 2. The van der Waals surface area contributed by atoms with Gasteiger partial charge in [0.05, 0.1) is 16.9 Å². The Labute approximate surface area is 189 Å². The second-order valence-corrected chi connectivity index (χ2v) is 9.16. The van der Waals surface area contributed by atoms with Crippen LogP contribution in [0.15, 0.2) is 72.8 Å². The average Bonchev–Trinajstić information content (AvgIpc) is 2.94. The van der Waals surface area contributed by atoms with Crippen LogP contribution < -0.4 is 15.0 Å². The zero-order chi connectivity index (χ0) is 22.3. The molecule has 0 atom stereocenters. The van der Waals surface area contributed by atoms with Gasteiger partial charge in [0.1, 0.15) is 5.75 Å². The molecule has 3 aromatic rings. The standard InChI is InChI=1S/C28H28N2O2/c1-19-17-28(2,3)29-24-15-14-22(16-23(19)24)32-18-27(31)30-25-10-6-4-8-20(25)12-13-21-9-5-7-11-26(21)30/h4-11,14-17,29H,12-13,18H2,1-3H3. The Balaban J connectivity index is 1.41. The zero-order valence-electron chi connectivity index (χ0n) is 18.8. The minimum Gasteiger partial charge on any atom is -0.484 e. The molecule has 5 rings (SSSR count). The summed E-state index contributed by atoms with van der Waals surface area (Å²) in [5, 5.41) is 3.53. The van der Waals surface area contributed by atoms with Gasteiger partial charge in [0.15, 0.2) is 6.61 Å². The van der Waals surface area contributed by atoms with E-state index in [-0.39, 0.29) is 18.1 Å². The summed E-state index contributed by atoms with van der Waals surface area (Å²) in [5.41, 5.74) is 7.58. The summed E-state index contributed by atoms with van der Waals surface area (Å²) >= 11 is 0. The summed E-state index contributed by atoms with van der Waals surface area (Å²) in [6.07, 6.45) is 4.05. The van der Waals surface area contributed by atoms with Gasteiger partial charge in [-0.25, -0.2) is 0 Å². The molecule has 0 aromatic heterocycles. The molecule has 0 fully saturated rings. The van der Waals surface area contributed by atoms with Crippen molar-refractivity contribution >= 4 is 28.5 Å². The minimum atomic E-state index is -0.0804. The average molecular weight is 425 g/mol. The highest BCUT2D eigenvalue weighted by Crippen LogP contribution is 2.37. The fourth-order valence-electron chi connectivity index (χ4n) is 4.81. The van der Waals surface area contributed by atoms with Gasteiger partial charge in [0.25, 0.3) is 5.91 Å². The summed E-state index contributed by atoms with van der Waals surface area (Å²) in [6.45, 7) is 6.39. The molecule has 0 radical (unpaired) electrons. The van der Waals surface area contributed by atoms with Crippen molar-refractivity contribution in [3.63, 3.8) is 0 Å². The number of fused-ring (bicyclic) bond motifs is 3. The third-order valence-electron chi connectivity index (χ3n) is 6.19. The van der Waals surface area contributed by atoms with Crippen molar-refractivity contribution in [2.75, 3.05) is 16.8 Å². The van der Waals surface area contributed by atoms with E-state index in [9.17, 15) is 4.79 Å². The Kier molecular flexibility index (Phi) is 5.01. The number of carbonyl (C=O) groups excluding carboxylic acids is 1. The van der Waals surface area contributed by atoms with Crippen LogP contribution in [0.1, 0.15) is 37.5 Å². The fraction of sp³-hybridized carbons (Fsp3) is 0.250. The van der Waals surface area contributed by atoms with E-state index in [2.05, 4.69) is 44.3 Å². The van der Waals surface area contributed by atoms with Gasteiger partial charge in [0, 0.05) is 11.3 Å². The molecule has 0 unspecified atom stereocenters. The SMILES string of the molecule is CC1=CC(C)(C)Nc2ccc(OCC(=O)N3c4ccccc4CCc4ccccc43)cc21. The third-order valence-corrected chi connectivity index (χ3v) is 6.19. The highest BCUT2D eigenvalue weighted by Gasteiger charge is 2.26. The van der Waals surface area contributed by atoms with Crippen molar-refractivity contribution in [2.24, 2.45) is 0 Å². The van der Waals surface area contributed by atoms with Crippen LogP contribution in [0, 0.1) is 0 Å². The van der Waals surface area contributed by atoms with Gasteiger partial charge in [-0.2, -0.15) is 0 Å². The molecule has 0 aliphatic carbocycles. The zero-order valence-corrected chi connectivity index (χ0v) is 18.8. The first-order valence-corrected chi connectivity index (χ1v) is 11.1. The number of anilines is 3. The van der Waals surface area contributed by atoms with E-state index in [1.807, 2.05) is 59.5 Å². The van der Waals surface area contributed by atoms with Gasteiger partial charge in [-0.15, -0.1) is 0 Å². The molecule has 0 bridgehead atoms. The summed E-state index contributed by atoms with van der Waals surface area (Å²) in [6, 6.07) is 22.3. The molecule has 0 saturated heterocycles. The molecular formula is C28H28N2O2. The lowest BCUT2D eigenvalue weighted by molar-refractivity contribution is -0.119. The summed E-state index contributed by atoms with van der Waals surface area (Å²) in [5.74, 6) is 0.624. The van der Waals surface area contributed by atoms with E-state index in [0.717, 1.165) is 35.5 Å². The quantitative estimate of drug-likeness (QED) is 0.549. The largest absolute Gasteiger partial charge is 0.484 e. The molecule has 1 N–H and O–H groups in total. The van der Waals surface area contributed by atoms with E-state index in [1.54, 1.807) is 0 Å². The lowest BCUT2D eigenvalue weighted by Crippen LogP contribution is -2.32. The van der Waals surface area contributed by atoms with Gasteiger partial charge in [0.2, 0.25) is 0 Å². The molecular weight excluding hydrogens is 396 g/mol. The number of amides is 1. The van der Waals surface area contributed by atoms with Crippen LogP contribution >= 0.6 is 0 Å². The molecule has 4 nitrogen and oxygen atoms in total. The van der Waals surface area contributed by atoms with E-state index in [1.165, 1.54) is 16.7 Å². The molecule has 4 heteroatoms. The van der Waals surface area contributed by atoms with E-state index in [4.69, 9.17) is 4.74 Å². The Morgan fingerprint density at radius 1 is 0.969 bits per heavy atom. The first-order chi connectivity index (χ1) is 15.4. The van der Waals surface area contributed by atoms with Crippen molar-refractivity contribution in [3.8, 4) is 5.75 Å². The molecule has 3 aromatic carbocycles. The van der Waals surface area contributed by atoms with Gasteiger partial charge in [-0.1, -0.05) is 42.5 Å². The topological polar surface area (TPSA) is 41.6 Å². The Morgan fingerprint density at radius 2 is 1.59 bits per heavy atom. The normalized spacial score (nSPS) is 16.0. The van der Waals surface area contributed by atoms with Crippen LogP contribution in [-0.4, -0.2) is 18.1 Å². The van der Waals surface area contributed by atoms with E-state index < -0.39 is 0 Å². The molecule has 2 aliphatic heterocycles. The molecule has 32 heavy (non-hydrogen) atoms. The number of nitrogens with zero attached hydrogens (tertiary/aromatic N) is 1. The highest BCUT2D eigenvalue weighted by molar-refractivity contribution is 6.03. The second kappa shape index (κ2) is 7.86. The third kappa shape index (κ3) is 3.77. The summed E-state index contributed by atoms with van der Waals surface area (Å²) in [4.78, 5) is 15.3. The maximum atomic E-state index is 13.5. The van der Waals surface area contributed by atoms with Crippen molar-refractivity contribution in [1.82, 2.24) is 0 Å². The number of rotatable bonds is 3. The molecule has 162 valence electrons. The number of nitrogens with one attached hydrogen (secondary N) is 1. The van der Waals surface area contributed by atoms with Gasteiger partial charge >= 0.3 is 0 Å². The number of benzene rings is 3. The van der Waals surface area contributed by atoms with Gasteiger partial charge in [-0.3, -0.25) is 9.69 Å². The lowest BCUT2D eigenvalue weighted by atomic mass is 9.91.